The summed E-state index contributed by atoms with van der Waals surface area (Å²) in [6.45, 7) is 1.86. The Balaban J connectivity index is 2.42. The quantitative estimate of drug-likeness (QED) is 0.631. The lowest BCUT2D eigenvalue weighted by Gasteiger charge is -2.19. The van der Waals surface area contributed by atoms with Gasteiger partial charge in [0.2, 0.25) is 0 Å². The van der Waals surface area contributed by atoms with Crippen LogP contribution in [0.1, 0.15) is 5.56 Å². The van der Waals surface area contributed by atoms with Gasteiger partial charge in [0.05, 0.1) is 15.5 Å². The van der Waals surface area contributed by atoms with Gasteiger partial charge in [-0.05, 0) is 31.2 Å². The summed E-state index contributed by atoms with van der Waals surface area (Å²) in [4.78, 5) is 10.3. The molecule has 0 bridgehead atoms. The van der Waals surface area contributed by atoms with Crippen molar-refractivity contribution in [2.45, 2.75) is 11.8 Å². The second-order valence-corrected chi connectivity index (χ2v) is 7.05. The van der Waals surface area contributed by atoms with Crippen LogP contribution in [0.2, 0.25) is 5.02 Å². The predicted octanol–water partition coefficient (Wildman–Crippen LogP) is 3.38. The van der Waals surface area contributed by atoms with Crippen molar-refractivity contribution in [2.24, 2.45) is 0 Å². The van der Waals surface area contributed by atoms with Crippen molar-refractivity contribution in [1.82, 2.24) is 0 Å². The summed E-state index contributed by atoms with van der Waals surface area (Å²) in [7, 11) is -2.39. The van der Waals surface area contributed by atoms with Crippen LogP contribution in [-0.4, -0.2) is 20.4 Å². The van der Waals surface area contributed by atoms with E-state index < -0.39 is 14.9 Å². The number of nitro groups is 1. The number of nitro benzene ring substituents is 1. The Morgan fingerprint density at radius 3 is 2.23 bits per heavy atom. The van der Waals surface area contributed by atoms with Crippen molar-refractivity contribution in [3.05, 3.63) is 63.2 Å². The highest BCUT2D eigenvalue weighted by molar-refractivity contribution is 7.92. The van der Waals surface area contributed by atoms with Gasteiger partial charge in [0, 0.05) is 13.1 Å². The van der Waals surface area contributed by atoms with Crippen molar-refractivity contribution in [3.63, 3.8) is 0 Å². The average Bonchev–Trinajstić information content (AvgIpc) is 2.46. The first kappa shape index (κ1) is 16.3. The predicted molar refractivity (Wildman–Crippen MR) is 84.9 cm³/mol. The van der Waals surface area contributed by atoms with Gasteiger partial charge in [-0.15, -0.1) is 0 Å². The number of benzene rings is 2. The number of rotatable bonds is 4. The van der Waals surface area contributed by atoms with Crippen LogP contribution in [0.4, 0.5) is 11.4 Å². The van der Waals surface area contributed by atoms with E-state index in [2.05, 4.69) is 0 Å². The SMILES string of the molecule is Cc1ccc(S(=O)(=O)N(C)c2ccc([N+](=O)[O-])c(Cl)c2)cc1. The van der Waals surface area contributed by atoms with Crippen LogP contribution in [-0.2, 0) is 10.0 Å². The molecule has 2 aromatic rings. The van der Waals surface area contributed by atoms with Crippen molar-refractivity contribution in [1.29, 1.82) is 0 Å². The summed E-state index contributed by atoms with van der Waals surface area (Å²) < 4.78 is 26.1. The second-order valence-electron chi connectivity index (χ2n) is 4.68. The van der Waals surface area contributed by atoms with Gasteiger partial charge in [-0.25, -0.2) is 8.42 Å². The highest BCUT2D eigenvalue weighted by Crippen LogP contribution is 2.30. The fourth-order valence-corrected chi connectivity index (χ4v) is 3.28. The minimum absolute atomic E-state index is 0.117. The van der Waals surface area contributed by atoms with Crippen molar-refractivity contribution in [3.8, 4) is 0 Å². The highest BCUT2D eigenvalue weighted by atomic mass is 35.5. The summed E-state index contributed by atoms with van der Waals surface area (Å²) in [6.07, 6.45) is 0. The molecule has 0 radical (unpaired) electrons. The zero-order valence-corrected chi connectivity index (χ0v) is 13.4. The topological polar surface area (TPSA) is 80.5 Å². The maximum absolute atomic E-state index is 12.5. The standard InChI is InChI=1S/C14H13ClN2O4S/c1-10-3-6-12(7-4-10)22(20,21)16(2)11-5-8-14(17(18)19)13(15)9-11/h3-9H,1-2H3. The molecule has 0 saturated heterocycles. The number of aryl methyl sites for hydroxylation is 1. The Bertz CT molecular complexity index is 819. The maximum Gasteiger partial charge on any atom is 0.288 e. The van der Waals surface area contributed by atoms with E-state index in [0.29, 0.717) is 0 Å². The van der Waals surface area contributed by atoms with Crippen LogP contribution >= 0.6 is 11.6 Å². The minimum atomic E-state index is -3.75. The monoisotopic (exact) mass is 340 g/mol. The number of sulfonamides is 1. The largest absolute Gasteiger partial charge is 0.288 e. The zero-order valence-electron chi connectivity index (χ0n) is 11.9. The van der Waals surface area contributed by atoms with Gasteiger partial charge < -0.3 is 0 Å². The Hall–Kier alpha value is -2.12. The van der Waals surface area contributed by atoms with Gasteiger partial charge in [0.25, 0.3) is 15.7 Å². The van der Waals surface area contributed by atoms with Gasteiger partial charge in [0.1, 0.15) is 5.02 Å². The number of halogens is 1. The molecule has 0 atom stereocenters. The van der Waals surface area contributed by atoms with Crippen molar-refractivity contribution in [2.75, 3.05) is 11.4 Å². The molecule has 2 aromatic carbocycles. The molecule has 0 N–H and O–H groups in total. The van der Waals surface area contributed by atoms with Crippen LogP contribution in [0.25, 0.3) is 0 Å². The summed E-state index contributed by atoms with van der Waals surface area (Å²) in [5, 5.41) is 10.6. The Kier molecular flexibility index (Phi) is 4.39. The average molecular weight is 341 g/mol. The van der Waals surface area contributed by atoms with Crippen LogP contribution in [0.5, 0.6) is 0 Å². The van der Waals surface area contributed by atoms with Gasteiger partial charge in [-0.3, -0.25) is 14.4 Å². The van der Waals surface area contributed by atoms with Crippen molar-refractivity contribution < 1.29 is 13.3 Å². The van der Waals surface area contributed by atoms with E-state index in [1.54, 1.807) is 12.1 Å². The third-order valence-corrected chi connectivity index (χ3v) is 5.27. The lowest BCUT2D eigenvalue weighted by molar-refractivity contribution is -0.384. The number of hydrogen-bond acceptors (Lipinski definition) is 4. The normalized spacial score (nSPS) is 11.2. The fourth-order valence-electron chi connectivity index (χ4n) is 1.85. The van der Waals surface area contributed by atoms with Crippen LogP contribution in [0.15, 0.2) is 47.4 Å². The molecule has 0 aliphatic rings. The zero-order chi connectivity index (χ0) is 16.5. The molecule has 2 rings (SSSR count). The summed E-state index contributed by atoms with van der Waals surface area (Å²) >= 11 is 5.82. The molecular formula is C14H13ClN2O4S. The molecule has 0 fully saturated rings. The molecular weight excluding hydrogens is 328 g/mol. The first-order valence-electron chi connectivity index (χ1n) is 6.23. The molecule has 0 aliphatic carbocycles. The van der Waals surface area contributed by atoms with E-state index in [9.17, 15) is 18.5 Å². The van der Waals surface area contributed by atoms with Crippen molar-refractivity contribution >= 4 is 33.0 Å². The van der Waals surface area contributed by atoms with Gasteiger partial charge >= 0.3 is 0 Å². The van der Waals surface area contributed by atoms with Crippen LogP contribution in [0.3, 0.4) is 0 Å². The minimum Gasteiger partial charge on any atom is -0.269 e. The maximum atomic E-state index is 12.5. The van der Waals surface area contributed by atoms with Crippen LogP contribution in [0, 0.1) is 17.0 Å². The number of anilines is 1. The Labute approximate surface area is 133 Å². The highest BCUT2D eigenvalue weighted by Gasteiger charge is 2.23. The molecule has 0 spiro atoms. The molecule has 8 heteroatoms. The Morgan fingerprint density at radius 2 is 1.73 bits per heavy atom. The first-order chi connectivity index (χ1) is 10.2. The van der Waals surface area contributed by atoms with E-state index in [4.69, 9.17) is 11.6 Å². The number of nitrogens with zero attached hydrogens (tertiary/aromatic N) is 2. The van der Waals surface area contributed by atoms with Gasteiger partial charge in [-0.1, -0.05) is 29.3 Å². The van der Waals surface area contributed by atoms with Gasteiger partial charge in [0.15, 0.2) is 0 Å². The number of hydrogen-bond donors (Lipinski definition) is 0. The molecule has 6 nitrogen and oxygen atoms in total. The van der Waals surface area contributed by atoms with E-state index >= 15 is 0 Å². The lowest BCUT2D eigenvalue weighted by Crippen LogP contribution is -2.26. The van der Waals surface area contributed by atoms with E-state index in [0.717, 1.165) is 9.87 Å². The molecule has 0 unspecified atom stereocenters. The summed E-state index contributed by atoms with van der Waals surface area (Å²) in [6, 6.07) is 10.2. The van der Waals surface area contributed by atoms with Crippen LogP contribution < -0.4 is 4.31 Å². The molecule has 116 valence electrons. The molecule has 22 heavy (non-hydrogen) atoms. The Morgan fingerprint density at radius 1 is 1.14 bits per heavy atom. The first-order valence-corrected chi connectivity index (χ1v) is 8.05. The molecule has 0 amide bonds. The molecule has 0 aliphatic heterocycles. The van der Waals surface area contributed by atoms with Gasteiger partial charge in [-0.2, -0.15) is 0 Å². The van der Waals surface area contributed by atoms with E-state index in [-0.39, 0.29) is 21.3 Å². The fraction of sp³-hybridized carbons (Fsp3) is 0.143. The summed E-state index contributed by atoms with van der Waals surface area (Å²) in [5.41, 5.74) is 0.919. The smallest absolute Gasteiger partial charge is 0.269 e. The molecule has 0 heterocycles. The van der Waals surface area contributed by atoms with E-state index in [1.807, 2.05) is 6.92 Å². The summed E-state index contributed by atoms with van der Waals surface area (Å²) in [5.74, 6) is 0. The van der Waals surface area contributed by atoms with E-state index in [1.165, 1.54) is 37.4 Å². The lowest BCUT2D eigenvalue weighted by atomic mass is 10.2. The molecule has 0 aromatic heterocycles. The third-order valence-electron chi connectivity index (χ3n) is 3.17. The third kappa shape index (κ3) is 3.05. The molecule has 0 saturated carbocycles. The second kappa shape index (κ2) is 5.94.